The molecule has 0 N–H and O–H groups in total. The number of halogens is 3. The molecular formula is C16H17F3N6S2. The summed E-state index contributed by atoms with van der Waals surface area (Å²) >= 11 is 1.39. The van der Waals surface area contributed by atoms with Crippen LogP contribution < -0.4 is 0 Å². The normalized spacial score (nSPS) is 15.0. The second kappa shape index (κ2) is 6.69. The van der Waals surface area contributed by atoms with E-state index in [1.807, 2.05) is 7.05 Å². The van der Waals surface area contributed by atoms with Gasteiger partial charge in [-0.25, -0.2) is 9.97 Å². The summed E-state index contributed by atoms with van der Waals surface area (Å²) in [6.07, 6.45) is 2.26. The Labute approximate surface area is 162 Å². The van der Waals surface area contributed by atoms with Crippen LogP contribution in [-0.4, -0.2) is 40.6 Å². The highest BCUT2D eigenvalue weighted by Gasteiger charge is 2.33. The summed E-state index contributed by atoms with van der Waals surface area (Å²) in [5, 5.41) is 8.42. The predicted molar refractivity (Wildman–Crippen MR) is 98.8 cm³/mol. The first kappa shape index (κ1) is 18.6. The molecule has 0 aliphatic heterocycles. The van der Waals surface area contributed by atoms with Crippen LogP contribution in [0, 0.1) is 0 Å². The zero-order valence-electron chi connectivity index (χ0n) is 14.9. The molecule has 0 aromatic carbocycles. The smallest absolute Gasteiger partial charge is 0.325 e. The Balaban J connectivity index is 1.82. The van der Waals surface area contributed by atoms with Crippen molar-refractivity contribution in [1.29, 1.82) is 0 Å². The van der Waals surface area contributed by atoms with Gasteiger partial charge in [-0.3, -0.25) is 0 Å². The molecule has 4 rings (SSSR count). The van der Waals surface area contributed by atoms with Crippen LogP contribution in [0.1, 0.15) is 31.5 Å². The van der Waals surface area contributed by atoms with Crippen molar-refractivity contribution in [2.24, 2.45) is 14.1 Å². The molecule has 3 aromatic heterocycles. The standard InChI is InChI=1S/C16H17F3N6S2/c1-4-26-15-11(21-12(25(15)3)8-5-6-8)14-20-9-7-10(27-16(17,18)19)22-23-13(9)24(14)2/h7-8H,4-6H2,1-3H3. The Morgan fingerprint density at radius 2 is 1.89 bits per heavy atom. The Kier molecular flexibility index (Phi) is 4.61. The third-order valence-electron chi connectivity index (χ3n) is 4.33. The van der Waals surface area contributed by atoms with Crippen LogP contribution in [0.25, 0.3) is 22.7 Å². The Bertz CT molecular complexity index is 1010. The van der Waals surface area contributed by atoms with Crippen LogP contribution in [0.15, 0.2) is 16.1 Å². The second-order valence-electron chi connectivity index (χ2n) is 6.32. The lowest BCUT2D eigenvalue weighted by atomic mass is 10.4. The van der Waals surface area contributed by atoms with Crippen molar-refractivity contribution >= 4 is 34.7 Å². The number of aromatic nitrogens is 6. The number of aryl methyl sites for hydroxylation is 1. The molecular weight excluding hydrogens is 397 g/mol. The van der Waals surface area contributed by atoms with E-state index in [4.69, 9.17) is 4.98 Å². The number of rotatable bonds is 5. The van der Waals surface area contributed by atoms with E-state index >= 15 is 0 Å². The maximum Gasteiger partial charge on any atom is 0.447 e. The van der Waals surface area contributed by atoms with E-state index in [0.29, 0.717) is 22.9 Å². The van der Waals surface area contributed by atoms with E-state index in [0.717, 1.165) is 35.1 Å². The number of thioether (sulfide) groups is 2. The molecule has 0 bridgehead atoms. The average Bonchev–Trinajstić information content (AvgIpc) is 3.31. The Morgan fingerprint density at radius 1 is 1.15 bits per heavy atom. The summed E-state index contributed by atoms with van der Waals surface area (Å²) in [6.45, 7) is 2.07. The quantitative estimate of drug-likeness (QED) is 0.578. The summed E-state index contributed by atoms with van der Waals surface area (Å²) in [4.78, 5) is 9.36. The van der Waals surface area contributed by atoms with Crippen molar-refractivity contribution in [2.45, 2.75) is 41.2 Å². The number of hydrogen-bond acceptors (Lipinski definition) is 6. The molecule has 0 atom stereocenters. The Hall–Kier alpha value is -1.75. The minimum Gasteiger partial charge on any atom is -0.325 e. The van der Waals surface area contributed by atoms with Crippen molar-refractivity contribution in [3.05, 3.63) is 11.9 Å². The van der Waals surface area contributed by atoms with Gasteiger partial charge in [0.15, 0.2) is 11.5 Å². The van der Waals surface area contributed by atoms with Crippen molar-refractivity contribution in [1.82, 2.24) is 29.3 Å². The van der Waals surface area contributed by atoms with Crippen LogP contribution >= 0.6 is 23.5 Å². The maximum absolute atomic E-state index is 12.6. The highest BCUT2D eigenvalue weighted by atomic mass is 32.2. The summed E-state index contributed by atoms with van der Waals surface area (Å²) < 4.78 is 41.7. The minimum atomic E-state index is -4.41. The highest BCUT2D eigenvalue weighted by molar-refractivity contribution is 8.00. The summed E-state index contributed by atoms with van der Waals surface area (Å²) in [5.41, 5.74) is -2.86. The van der Waals surface area contributed by atoms with Crippen LogP contribution in [0.5, 0.6) is 0 Å². The monoisotopic (exact) mass is 414 g/mol. The molecule has 3 heterocycles. The fourth-order valence-corrected chi connectivity index (χ4v) is 4.33. The summed E-state index contributed by atoms with van der Waals surface area (Å²) in [6, 6.07) is 1.32. The van der Waals surface area contributed by atoms with E-state index < -0.39 is 5.51 Å². The van der Waals surface area contributed by atoms with Gasteiger partial charge >= 0.3 is 5.51 Å². The topological polar surface area (TPSA) is 61.4 Å². The van der Waals surface area contributed by atoms with Gasteiger partial charge in [-0.1, -0.05) is 6.92 Å². The fourth-order valence-electron chi connectivity index (χ4n) is 3.00. The molecule has 1 aliphatic carbocycles. The fraction of sp³-hybridized carbons (Fsp3) is 0.500. The zero-order valence-corrected chi connectivity index (χ0v) is 16.5. The van der Waals surface area contributed by atoms with Crippen molar-refractivity contribution in [2.75, 3.05) is 5.75 Å². The van der Waals surface area contributed by atoms with Crippen LogP contribution in [-0.2, 0) is 14.1 Å². The lowest BCUT2D eigenvalue weighted by Gasteiger charge is -2.05. The predicted octanol–water partition coefficient (Wildman–Crippen LogP) is 4.37. The lowest BCUT2D eigenvalue weighted by molar-refractivity contribution is -0.0329. The number of imidazole rings is 2. The van der Waals surface area contributed by atoms with Gasteiger partial charge in [0, 0.05) is 37.8 Å². The molecule has 6 nitrogen and oxygen atoms in total. The van der Waals surface area contributed by atoms with Gasteiger partial charge in [-0.15, -0.1) is 22.0 Å². The molecule has 1 saturated carbocycles. The van der Waals surface area contributed by atoms with Gasteiger partial charge in [0.25, 0.3) is 0 Å². The molecule has 27 heavy (non-hydrogen) atoms. The summed E-state index contributed by atoms with van der Waals surface area (Å²) in [7, 11) is 3.78. The van der Waals surface area contributed by atoms with Gasteiger partial charge in [0.05, 0.1) is 0 Å². The van der Waals surface area contributed by atoms with Gasteiger partial charge in [0.1, 0.15) is 27.1 Å². The van der Waals surface area contributed by atoms with Crippen molar-refractivity contribution < 1.29 is 13.2 Å². The number of fused-ring (bicyclic) bond motifs is 1. The summed E-state index contributed by atoms with van der Waals surface area (Å²) in [5.74, 6) is 2.98. The molecule has 144 valence electrons. The van der Waals surface area contributed by atoms with Gasteiger partial charge < -0.3 is 9.13 Å². The van der Waals surface area contributed by atoms with Crippen LogP contribution in [0.4, 0.5) is 13.2 Å². The maximum atomic E-state index is 12.6. The van der Waals surface area contributed by atoms with Gasteiger partial charge in [-0.05, 0) is 18.6 Å². The van der Waals surface area contributed by atoms with Crippen molar-refractivity contribution in [3.63, 3.8) is 0 Å². The lowest BCUT2D eigenvalue weighted by Crippen LogP contribution is -2.01. The molecule has 0 unspecified atom stereocenters. The van der Waals surface area contributed by atoms with E-state index in [1.54, 1.807) is 23.4 Å². The van der Waals surface area contributed by atoms with E-state index in [9.17, 15) is 13.2 Å². The number of nitrogens with zero attached hydrogens (tertiary/aromatic N) is 6. The van der Waals surface area contributed by atoms with E-state index in [2.05, 4.69) is 26.7 Å². The van der Waals surface area contributed by atoms with Crippen molar-refractivity contribution in [3.8, 4) is 11.5 Å². The van der Waals surface area contributed by atoms with Gasteiger partial charge in [-0.2, -0.15) is 13.2 Å². The first-order chi connectivity index (χ1) is 12.8. The molecule has 0 radical (unpaired) electrons. The van der Waals surface area contributed by atoms with E-state index in [1.165, 1.54) is 6.07 Å². The number of hydrogen-bond donors (Lipinski definition) is 0. The van der Waals surface area contributed by atoms with Crippen LogP contribution in [0.2, 0.25) is 0 Å². The third kappa shape index (κ3) is 3.54. The molecule has 0 amide bonds. The SMILES string of the molecule is CCSc1c(-c2nc3cc(SC(F)(F)F)nnc3n2C)nc(C2CC2)n1C. The zero-order chi connectivity index (χ0) is 19.3. The average molecular weight is 414 g/mol. The largest absolute Gasteiger partial charge is 0.447 e. The van der Waals surface area contributed by atoms with E-state index in [-0.39, 0.29) is 16.8 Å². The molecule has 0 spiro atoms. The molecule has 3 aromatic rings. The molecule has 0 saturated heterocycles. The molecule has 1 aliphatic rings. The minimum absolute atomic E-state index is 0.220. The molecule has 1 fully saturated rings. The number of alkyl halides is 3. The first-order valence-corrected chi connectivity index (χ1v) is 10.2. The molecule has 11 heteroatoms. The van der Waals surface area contributed by atoms with Crippen LogP contribution in [0.3, 0.4) is 0 Å². The highest BCUT2D eigenvalue weighted by Crippen LogP contribution is 2.43. The second-order valence-corrected chi connectivity index (χ2v) is 8.66. The van der Waals surface area contributed by atoms with Gasteiger partial charge in [0.2, 0.25) is 0 Å². The third-order valence-corrected chi connectivity index (χ3v) is 6.00. The first-order valence-electron chi connectivity index (χ1n) is 8.44. The Morgan fingerprint density at radius 3 is 2.52 bits per heavy atom.